The molecule has 2 rings (SSSR count). The standard InChI is InChI=1S/C12H8N2O4Te2/c15-13(16)9-5-1-3-7-11(9)19-20-12-8-4-2-6-10(12)14(17)18/h1-8H. The van der Waals surface area contributed by atoms with Crippen LogP contribution in [0.2, 0.25) is 0 Å². The van der Waals surface area contributed by atoms with Crippen molar-refractivity contribution in [1.82, 2.24) is 0 Å². The van der Waals surface area contributed by atoms with Crippen LogP contribution >= 0.6 is 0 Å². The normalized spacial score (nSPS) is 10.2. The first-order chi connectivity index (χ1) is 9.59. The SMILES string of the molecule is O=[N+]([O-])c1ccccc1[Te][Te]c1ccccc1[N+](=O)[O-]. The van der Waals surface area contributed by atoms with Gasteiger partial charge in [-0.25, -0.2) is 0 Å². The molecule has 2 aromatic rings. The van der Waals surface area contributed by atoms with E-state index in [1.807, 2.05) is 0 Å². The van der Waals surface area contributed by atoms with Crippen molar-refractivity contribution in [3.63, 3.8) is 0 Å². The third kappa shape index (κ3) is 3.68. The van der Waals surface area contributed by atoms with E-state index in [0.717, 1.165) is 7.22 Å². The van der Waals surface area contributed by atoms with E-state index in [9.17, 15) is 20.2 Å². The van der Waals surface area contributed by atoms with Crippen LogP contribution in [0.15, 0.2) is 48.5 Å². The Morgan fingerprint density at radius 3 is 1.40 bits per heavy atom. The Hall–Kier alpha value is -1.18. The third-order valence-corrected chi connectivity index (χ3v) is 14.0. The molecule has 0 amide bonds. The third-order valence-electron chi connectivity index (χ3n) is 2.35. The predicted octanol–water partition coefficient (Wildman–Crippen LogP) is 0.777. The van der Waals surface area contributed by atoms with Crippen LogP contribution in [0.25, 0.3) is 0 Å². The van der Waals surface area contributed by atoms with Crippen molar-refractivity contribution in [2.45, 2.75) is 0 Å². The number of nitro groups is 2. The van der Waals surface area contributed by atoms with Crippen LogP contribution in [0.1, 0.15) is 0 Å². The predicted molar refractivity (Wildman–Crippen MR) is 77.0 cm³/mol. The van der Waals surface area contributed by atoms with E-state index < -0.39 is 34.1 Å². The summed E-state index contributed by atoms with van der Waals surface area (Å²) in [6, 6.07) is 13.3. The fraction of sp³-hybridized carbons (Fsp3) is 0. The summed E-state index contributed by atoms with van der Waals surface area (Å²) < 4.78 is 1.53. The van der Waals surface area contributed by atoms with Crippen molar-refractivity contribution < 1.29 is 9.85 Å². The maximum atomic E-state index is 10.9. The van der Waals surface area contributed by atoms with Gasteiger partial charge in [-0.3, -0.25) is 0 Å². The summed E-state index contributed by atoms with van der Waals surface area (Å²) in [6.07, 6.45) is 0. The van der Waals surface area contributed by atoms with Gasteiger partial charge in [0.2, 0.25) is 0 Å². The number of rotatable bonds is 5. The minimum absolute atomic E-state index is 0.138. The molecule has 0 aliphatic rings. The Morgan fingerprint density at radius 1 is 0.700 bits per heavy atom. The second-order valence-electron chi connectivity index (χ2n) is 3.62. The molecule has 0 atom stereocenters. The zero-order chi connectivity index (χ0) is 14.5. The molecular weight excluding hydrogens is 491 g/mol. The molecule has 0 heterocycles. The van der Waals surface area contributed by atoms with Crippen molar-refractivity contribution in [3.8, 4) is 0 Å². The van der Waals surface area contributed by atoms with Gasteiger partial charge in [0, 0.05) is 0 Å². The molecule has 0 radical (unpaired) electrons. The molecule has 0 aliphatic carbocycles. The number of hydrogen-bond acceptors (Lipinski definition) is 4. The van der Waals surface area contributed by atoms with Crippen LogP contribution in [0.5, 0.6) is 0 Å². The fourth-order valence-corrected chi connectivity index (χ4v) is 12.9. The summed E-state index contributed by atoms with van der Waals surface area (Å²) in [6.45, 7) is 0. The van der Waals surface area contributed by atoms with Gasteiger partial charge >= 0.3 is 131 Å². The van der Waals surface area contributed by atoms with Crippen LogP contribution in [-0.2, 0) is 0 Å². The van der Waals surface area contributed by atoms with Gasteiger partial charge in [0.1, 0.15) is 0 Å². The molecule has 0 bridgehead atoms. The van der Waals surface area contributed by atoms with Gasteiger partial charge in [0.25, 0.3) is 0 Å². The molecule has 2 aromatic carbocycles. The van der Waals surface area contributed by atoms with E-state index in [-0.39, 0.29) is 21.2 Å². The van der Waals surface area contributed by atoms with Gasteiger partial charge in [-0.2, -0.15) is 0 Å². The van der Waals surface area contributed by atoms with Gasteiger partial charge in [-0.15, -0.1) is 0 Å². The minimum atomic E-state index is -0.763. The van der Waals surface area contributed by atoms with Crippen molar-refractivity contribution in [2.75, 3.05) is 0 Å². The molecule has 0 aliphatic heterocycles. The fourth-order valence-electron chi connectivity index (χ4n) is 1.45. The number of para-hydroxylation sites is 2. The zero-order valence-corrected chi connectivity index (χ0v) is 14.6. The summed E-state index contributed by atoms with van der Waals surface area (Å²) in [5, 5.41) is 21.9. The molecule has 102 valence electrons. The van der Waals surface area contributed by atoms with Gasteiger partial charge in [0.15, 0.2) is 0 Å². The van der Waals surface area contributed by atoms with E-state index in [4.69, 9.17) is 0 Å². The topological polar surface area (TPSA) is 86.3 Å². The number of nitrogens with zero attached hydrogens (tertiary/aromatic N) is 2. The number of nitro benzene ring substituents is 2. The van der Waals surface area contributed by atoms with Crippen LogP contribution in [0, 0.1) is 20.2 Å². The van der Waals surface area contributed by atoms with Gasteiger partial charge in [-0.05, 0) is 0 Å². The van der Waals surface area contributed by atoms with Gasteiger partial charge in [-0.1, -0.05) is 0 Å². The first kappa shape index (κ1) is 15.2. The Kier molecular flexibility index (Phi) is 5.33. The molecule has 0 N–H and O–H groups in total. The number of benzene rings is 2. The summed E-state index contributed by atoms with van der Waals surface area (Å²) in [5.41, 5.74) is 0.275. The van der Waals surface area contributed by atoms with Crippen LogP contribution in [0.3, 0.4) is 0 Å². The monoisotopic (exact) mass is 504 g/mol. The van der Waals surface area contributed by atoms with E-state index >= 15 is 0 Å². The van der Waals surface area contributed by atoms with E-state index in [1.165, 1.54) is 12.1 Å². The summed E-state index contributed by atoms with van der Waals surface area (Å²) in [4.78, 5) is 21.1. The Bertz CT molecular complexity index is 606. The van der Waals surface area contributed by atoms with Crippen molar-refractivity contribution in [1.29, 1.82) is 0 Å². The zero-order valence-electron chi connectivity index (χ0n) is 9.96. The van der Waals surface area contributed by atoms with Crippen LogP contribution in [-0.4, -0.2) is 44.0 Å². The van der Waals surface area contributed by atoms with E-state index in [0.29, 0.717) is 0 Å². The molecular formula is C12H8N2O4Te2. The molecule has 0 saturated carbocycles. The van der Waals surface area contributed by atoms with Crippen LogP contribution in [0.4, 0.5) is 11.4 Å². The maximum absolute atomic E-state index is 10.9. The van der Waals surface area contributed by atoms with Crippen LogP contribution < -0.4 is 7.22 Å². The molecule has 20 heavy (non-hydrogen) atoms. The Labute approximate surface area is 130 Å². The second-order valence-corrected chi connectivity index (χ2v) is 13.5. The Morgan fingerprint density at radius 2 is 1.05 bits per heavy atom. The molecule has 0 saturated heterocycles. The molecule has 0 unspecified atom stereocenters. The first-order valence-corrected chi connectivity index (χ1v) is 15.1. The van der Waals surface area contributed by atoms with Crippen molar-refractivity contribution in [2.24, 2.45) is 0 Å². The van der Waals surface area contributed by atoms with Gasteiger partial charge < -0.3 is 0 Å². The quantitative estimate of drug-likeness (QED) is 0.346. The molecule has 0 spiro atoms. The van der Waals surface area contributed by atoms with E-state index in [1.54, 1.807) is 36.4 Å². The average Bonchev–Trinajstić information content (AvgIpc) is 2.45. The Balaban J connectivity index is 2.22. The molecule has 0 aromatic heterocycles. The van der Waals surface area contributed by atoms with Crippen molar-refractivity contribution in [3.05, 3.63) is 68.8 Å². The van der Waals surface area contributed by atoms with Gasteiger partial charge in [0.05, 0.1) is 0 Å². The van der Waals surface area contributed by atoms with Crippen molar-refractivity contribution >= 4 is 52.7 Å². The summed E-state index contributed by atoms with van der Waals surface area (Å²) in [5.74, 6) is 0. The number of hydrogen-bond donors (Lipinski definition) is 0. The molecule has 6 nitrogen and oxygen atoms in total. The second kappa shape index (κ2) is 7.01. The summed E-state index contributed by atoms with van der Waals surface area (Å²) >= 11 is -1.53. The molecule has 8 heteroatoms. The molecule has 0 fully saturated rings. The first-order valence-electron chi connectivity index (χ1n) is 5.41. The van der Waals surface area contributed by atoms with E-state index in [2.05, 4.69) is 0 Å². The summed E-state index contributed by atoms with van der Waals surface area (Å²) in [7, 11) is 0. The average molecular weight is 499 g/mol.